The number of amides is 2. The van der Waals surface area contributed by atoms with Crippen LogP contribution in [0, 0.1) is 5.92 Å². The first-order valence-corrected chi connectivity index (χ1v) is 7.47. The molecule has 2 amide bonds. The van der Waals surface area contributed by atoms with Crippen molar-refractivity contribution in [3.05, 3.63) is 0 Å². The van der Waals surface area contributed by atoms with Crippen molar-refractivity contribution in [2.24, 2.45) is 11.7 Å². The van der Waals surface area contributed by atoms with E-state index < -0.39 is 6.04 Å². The lowest BCUT2D eigenvalue weighted by molar-refractivity contribution is -0.135. The van der Waals surface area contributed by atoms with Gasteiger partial charge >= 0.3 is 0 Å². The molecule has 116 valence electrons. The Balaban J connectivity index is 2.34. The molecule has 0 aromatic carbocycles. The molecule has 1 saturated heterocycles. The second kappa shape index (κ2) is 8.21. The molecule has 0 aliphatic carbocycles. The largest absolute Gasteiger partial charge is 0.355 e. The Morgan fingerprint density at radius 2 is 1.80 bits per heavy atom. The number of likely N-dealkylation sites (N-methyl/N-ethyl adjacent to an activating group) is 1. The predicted molar refractivity (Wildman–Crippen MR) is 79.1 cm³/mol. The molecule has 20 heavy (non-hydrogen) atoms. The van der Waals surface area contributed by atoms with Crippen LogP contribution in [0.4, 0.5) is 0 Å². The van der Waals surface area contributed by atoms with E-state index in [9.17, 15) is 9.59 Å². The fraction of sp³-hybridized carbons (Fsp3) is 0.857. The number of nitrogens with zero attached hydrogens (tertiary/aromatic N) is 2. The third kappa shape index (κ3) is 5.46. The van der Waals surface area contributed by atoms with E-state index in [0.717, 1.165) is 19.5 Å². The highest BCUT2D eigenvalue weighted by molar-refractivity contribution is 5.82. The van der Waals surface area contributed by atoms with Crippen LogP contribution in [-0.4, -0.2) is 66.9 Å². The molecular formula is C14H28N4O2. The second-order valence-corrected chi connectivity index (χ2v) is 5.79. The maximum atomic E-state index is 12.2. The van der Waals surface area contributed by atoms with Crippen LogP contribution in [0.3, 0.4) is 0 Å². The highest BCUT2D eigenvalue weighted by Gasteiger charge is 2.26. The monoisotopic (exact) mass is 284 g/mol. The smallest absolute Gasteiger partial charge is 0.239 e. The fourth-order valence-electron chi connectivity index (χ4n) is 2.43. The van der Waals surface area contributed by atoms with E-state index in [1.165, 1.54) is 0 Å². The van der Waals surface area contributed by atoms with E-state index in [1.807, 2.05) is 11.8 Å². The van der Waals surface area contributed by atoms with Gasteiger partial charge in [0.25, 0.3) is 0 Å². The molecule has 1 atom stereocenters. The first-order valence-electron chi connectivity index (χ1n) is 7.47. The van der Waals surface area contributed by atoms with E-state index in [0.29, 0.717) is 32.1 Å². The minimum atomic E-state index is -0.398. The fourth-order valence-corrected chi connectivity index (χ4v) is 2.43. The van der Waals surface area contributed by atoms with Gasteiger partial charge in [0, 0.05) is 32.7 Å². The van der Waals surface area contributed by atoms with Gasteiger partial charge in [0.1, 0.15) is 0 Å². The van der Waals surface area contributed by atoms with Gasteiger partial charge in [-0.2, -0.15) is 0 Å². The minimum absolute atomic E-state index is 0.0383. The minimum Gasteiger partial charge on any atom is -0.355 e. The molecule has 0 aromatic rings. The first kappa shape index (κ1) is 16.9. The molecule has 1 aliphatic heterocycles. The van der Waals surface area contributed by atoms with E-state index in [2.05, 4.69) is 24.1 Å². The van der Waals surface area contributed by atoms with Crippen LogP contribution >= 0.6 is 0 Å². The summed E-state index contributed by atoms with van der Waals surface area (Å²) in [5, 5.41) is 2.79. The lowest BCUT2D eigenvalue weighted by Gasteiger charge is -2.35. The van der Waals surface area contributed by atoms with Crippen LogP contribution in [0.15, 0.2) is 0 Å². The van der Waals surface area contributed by atoms with E-state index in [-0.39, 0.29) is 11.8 Å². The quantitative estimate of drug-likeness (QED) is 0.698. The van der Waals surface area contributed by atoms with Gasteiger partial charge in [-0.3, -0.25) is 14.5 Å². The summed E-state index contributed by atoms with van der Waals surface area (Å²) in [5.74, 6) is 0.508. The summed E-state index contributed by atoms with van der Waals surface area (Å²) < 4.78 is 0. The summed E-state index contributed by atoms with van der Waals surface area (Å²) in [6, 6.07) is -0.398. The van der Waals surface area contributed by atoms with Crippen molar-refractivity contribution in [2.45, 2.75) is 33.2 Å². The van der Waals surface area contributed by atoms with Gasteiger partial charge in [-0.1, -0.05) is 13.8 Å². The number of rotatable bonds is 6. The number of carbonyl (C=O) groups excluding carboxylic acids is 2. The molecule has 6 heteroatoms. The van der Waals surface area contributed by atoms with Gasteiger partial charge in [0.05, 0.1) is 12.6 Å². The molecule has 6 nitrogen and oxygen atoms in total. The molecule has 1 heterocycles. The third-order valence-corrected chi connectivity index (χ3v) is 3.47. The summed E-state index contributed by atoms with van der Waals surface area (Å²) in [6.45, 7) is 9.89. The molecule has 0 saturated carbocycles. The van der Waals surface area contributed by atoms with E-state index in [4.69, 9.17) is 5.73 Å². The van der Waals surface area contributed by atoms with Crippen LogP contribution in [0.5, 0.6) is 0 Å². The number of piperazine rings is 1. The summed E-state index contributed by atoms with van der Waals surface area (Å²) in [4.78, 5) is 27.6. The Morgan fingerprint density at radius 3 is 2.30 bits per heavy atom. The van der Waals surface area contributed by atoms with Crippen molar-refractivity contribution < 1.29 is 9.59 Å². The maximum absolute atomic E-state index is 12.2. The summed E-state index contributed by atoms with van der Waals surface area (Å²) in [6.07, 6.45) is 0.720. The van der Waals surface area contributed by atoms with Crippen LogP contribution in [0.2, 0.25) is 0 Å². The molecule has 1 fully saturated rings. The topological polar surface area (TPSA) is 78.7 Å². The molecule has 0 spiro atoms. The number of nitrogens with two attached hydrogens (primary N) is 1. The molecule has 1 rings (SSSR count). The molecule has 0 bridgehead atoms. The zero-order chi connectivity index (χ0) is 15.1. The highest BCUT2D eigenvalue weighted by Crippen LogP contribution is 2.08. The first-order chi connectivity index (χ1) is 9.43. The zero-order valence-corrected chi connectivity index (χ0v) is 12.9. The normalized spacial score (nSPS) is 18.1. The second-order valence-electron chi connectivity index (χ2n) is 5.79. The van der Waals surface area contributed by atoms with Gasteiger partial charge in [-0.05, 0) is 19.3 Å². The summed E-state index contributed by atoms with van der Waals surface area (Å²) in [7, 11) is 0. The van der Waals surface area contributed by atoms with Crippen LogP contribution in [0.25, 0.3) is 0 Å². The average molecular weight is 284 g/mol. The van der Waals surface area contributed by atoms with Crippen LogP contribution in [-0.2, 0) is 9.59 Å². The van der Waals surface area contributed by atoms with Crippen LogP contribution < -0.4 is 11.1 Å². The summed E-state index contributed by atoms with van der Waals surface area (Å²) >= 11 is 0. The van der Waals surface area contributed by atoms with E-state index >= 15 is 0 Å². The molecule has 1 aliphatic rings. The Bertz CT molecular complexity index is 325. The van der Waals surface area contributed by atoms with Gasteiger partial charge in [0.2, 0.25) is 11.8 Å². The zero-order valence-electron chi connectivity index (χ0n) is 12.9. The standard InChI is InChI=1S/C14H28N4O2/c1-4-16-13(19)10-17-5-7-18(8-6-17)14(20)12(15)9-11(2)3/h11-12H,4-10,15H2,1-3H3,(H,16,19)/t12-/m0/s1. The molecule has 0 unspecified atom stereocenters. The number of nitrogens with one attached hydrogen (secondary N) is 1. The number of hydrogen-bond donors (Lipinski definition) is 2. The molecule has 3 N–H and O–H groups in total. The van der Waals surface area contributed by atoms with Crippen LogP contribution in [0.1, 0.15) is 27.2 Å². The Kier molecular flexibility index (Phi) is 6.95. The maximum Gasteiger partial charge on any atom is 0.239 e. The van der Waals surface area contributed by atoms with Crippen molar-refractivity contribution in [1.82, 2.24) is 15.1 Å². The van der Waals surface area contributed by atoms with Gasteiger partial charge in [-0.15, -0.1) is 0 Å². The van der Waals surface area contributed by atoms with Gasteiger partial charge in [-0.25, -0.2) is 0 Å². The molecule has 0 aromatic heterocycles. The molecule has 0 radical (unpaired) electrons. The lowest BCUT2D eigenvalue weighted by Crippen LogP contribution is -2.54. The van der Waals surface area contributed by atoms with Crippen molar-refractivity contribution in [1.29, 1.82) is 0 Å². The Hall–Kier alpha value is -1.14. The van der Waals surface area contributed by atoms with Crippen molar-refractivity contribution >= 4 is 11.8 Å². The summed E-state index contributed by atoms with van der Waals surface area (Å²) in [5.41, 5.74) is 5.93. The number of hydrogen-bond acceptors (Lipinski definition) is 4. The third-order valence-electron chi connectivity index (χ3n) is 3.47. The predicted octanol–water partition coefficient (Wildman–Crippen LogP) is -0.360. The van der Waals surface area contributed by atoms with Crippen molar-refractivity contribution in [3.8, 4) is 0 Å². The lowest BCUT2D eigenvalue weighted by atomic mass is 10.0. The van der Waals surface area contributed by atoms with Gasteiger partial charge in [0.15, 0.2) is 0 Å². The van der Waals surface area contributed by atoms with E-state index in [1.54, 1.807) is 0 Å². The molecular weight excluding hydrogens is 256 g/mol. The van der Waals surface area contributed by atoms with Crippen molar-refractivity contribution in [2.75, 3.05) is 39.3 Å². The number of carbonyl (C=O) groups is 2. The SMILES string of the molecule is CCNC(=O)CN1CCN(C(=O)[C@@H](N)CC(C)C)CC1. The Morgan fingerprint density at radius 1 is 1.20 bits per heavy atom. The average Bonchev–Trinajstić information content (AvgIpc) is 2.38. The Labute approximate surface area is 121 Å². The van der Waals surface area contributed by atoms with Gasteiger partial charge < -0.3 is 16.0 Å². The van der Waals surface area contributed by atoms with Crippen molar-refractivity contribution in [3.63, 3.8) is 0 Å². The highest BCUT2D eigenvalue weighted by atomic mass is 16.2.